The highest BCUT2D eigenvalue weighted by molar-refractivity contribution is 5.94. The maximum absolute atomic E-state index is 12.7. The third kappa shape index (κ3) is 4.60. The van der Waals surface area contributed by atoms with E-state index in [-0.39, 0.29) is 5.91 Å². The molecule has 0 spiro atoms. The largest absolute Gasteiger partial charge is 0.497 e. The molecule has 1 aliphatic heterocycles. The molecule has 0 N–H and O–H groups in total. The number of carbonyl (C=O) groups excluding carboxylic acids is 1. The van der Waals surface area contributed by atoms with Crippen LogP contribution < -0.4 is 4.74 Å². The second kappa shape index (κ2) is 8.17. The Kier molecular flexibility index (Phi) is 5.71. The van der Waals surface area contributed by atoms with Crippen LogP contribution in [0.5, 0.6) is 5.75 Å². The molecule has 1 aliphatic rings. The first-order valence-electron chi connectivity index (χ1n) is 8.87. The van der Waals surface area contributed by atoms with Crippen molar-refractivity contribution in [3.8, 4) is 5.75 Å². The number of ether oxygens (including phenoxy) is 1. The van der Waals surface area contributed by atoms with Gasteiger partial charge in [0.15, 0.2) is 0 Å². The van der Waals surface area contributed by atoms with E-state index in [0.717, 1.165) is 50.5 Å². The number of nitrogens with zero attached hydrogens (tertiary/aromatic N) is 2. The number of methoxy groups -OCH3 is 1. The zero-order chi connectivity index (χ0) is 17.6. The molecular formula is C21H26N2O2. The van der Waals surface area contributed by atoms with E-state index in [1.54, 1.807) is 7.11 Å². The van der Waals surface area contributed by atoms with Crippen molar-refractivity contribution < 1.29 is 9.53 Å². The van der Waals surface area contributed by atoms with Gasteiger partial charge in [0.25, 0.3) is 5.91 Å². The molecule has 1 amide bonds. The van der Waals surface area contributed by atoms with Crippen LogP contribution in [0.4, 0.5) is 0 Å². The molecule has 0 aliphatic carbocycles. The maximum Gasteiger partial charge on any atom is 0.253 e. The van der Waals surface area contributed by atoms with Crippen LogP contribution in [0.25, 0.3) is 0 Å². The van der Waals surface area contributed by atoms with Crippen LogP contribution in [0.1, 0.15) is 27.9 Å². The van der Waals surface area contributed by atoms with E-state index in [2.05, 4.69) is 17.0 Å². The molecule has 132 valence electrons. The van der Waals surface area contributed by atoms with Crippen LogP contribution in [-0.4, -0.2) is 49.0 Å². The molecule has 0 aromatic heterocycles. The fourth-order valence-corrected chi connectivity index (χ4v) is 3.24. The van der Waals surface area contributed by atoms with E-state index >= 15 is 0 Å². The number of hydrogen-bond donors (Lipinski definition) is 0. The highest BCUT2D eigenvalue weighted by Crippen LogP contribution is 2.16. The van der Waals surface area contributed by atoms with Crippen molar-refractivity contribution in [2.75, 3.05) is 33.3 Å². The Hall–Kier alpha value is -2.33. The van der Waals surface area contributed by atoms with Gasteiger partial charge in [-0.15, -0.1) is 0 Å². The number of amides is 1. The molecule has 0 unspecified atom stereocenters. The van der Waals surface area contributed by atoms with Crippen molar-refractivity contribution in [3.05, 3.63) is 65.2 Å². The third-order valence-electron chi connectivity index (χ3n) is 4.71. The summed E-state index contributed by atoms with van der Waals surface area (Å²) in [5.74, 6) is 1.03. The number of carbonyl (C=O) groups is 1. The fourth-order valence-electron chi connectivity index (χ4n) is 3.24. The summed E-state index contributed by atoms with van der Waals surface area (Å²) in [7, 11) is 1.69. The van der Waals surface area contributed by atoms with Crippen LogP contribution in [0.3, 0.4) is 0 Å². The minimum atomic E-state index is 0.142. The smallest absolute Gasteiger partial charge is 0.253 e. The average molecular weight is 338 g/mol. The van der Waals surface area contributed by atoms with Gasteiger partial charge in [0.1, 0.15) is 5.75 Å². The lowest BCUT2D eigenvalue weighted by molar-refractivity contribution is 0.0761. The van der Waals surface area contributed by atoms with Gasteiger partial charge in [0.05, 0.1) is 7.11 Å². The van der Waals surface area contributed by atoms with Crippen molar-refractivity contribution in [3.63, 3.8) is 0 Å². The van der Waals surface area contributed by atoms with Crippen molar-refractivity contribution >= 4 is 5.91 Å². The Labute approximate surface area is 150 Å². The van der Waals surface area contributed by atoms with E-state index in [9.17, 15) is 4.79 Å². The van der Waals surface area contributed by atoms with Crippen LogP contribution >= 0.6 is 0 Å². The zero-order valence-electron chi connectivity index (χ0n) is 15.1. The summed E-state index contributed by atoms with van der Waals surface area (Å²) < 4.78 is 5.30. The van der Waals surface area contributed by atoms with E-state index < -0.39 is 0 Å². The average Bonchev–Trinajstić information content (AvgIpc) is 2.87. The summed E-state index contributed by atoms with van der Waals surface area (Å²) in [5, 5.41) is 0. The summed E-state index contributed by atoms with van der Waals surface area (Å²) in [5.41, 5.74) is 3.21. The second-order valence-corrected chi connectivity index (χ2v) is 6.64. The van der Waals surface area contributed by atoms with Gasteiger partial charge in [-0.05, 0) is 43.2 Å². The van der Waals surface area contributed by atoms with E-state index in [1.807, 2.05) is 48.2 Å². The summed E-state index contributed by atoms with van der Waals surface area (Å²) in [6, 6.07) is 16.1. The summed E-state index contributed by atoms with van der Waals surface area (Å²) in [6.45, 7) is 6.43. The Morgan fingerprint density at radius 2 is 1.84 bits per heavy atom. The molecule has 4 nitrogen and oxygen atoms in total. The lowest BCUT2D eigenvalue weighted by atomic mass is 10.1. The fraction of sp³-hybridized carbons (Fsp3) is 0.381. The van der Waals surface area contributed by atoms with Crippen LogP contribution in [0.2, 0.25) is 0 Å². The van der Waals surface area contributed by atoms with Crippen LogP contribution in [-0.2, 0) is 6.54 Å². The summed E-state index contributed by atoms with van der Waals surface area (Å²) >= 11 is 0. The van der Waals surface area contributed by atoms with Crippen molar-refractivity contribution in [2.45, 2.75) is 19.9 Å². The molecule has 1 saturated heterocycles. The van der Waals surface area contributed by atoms with Gasteiger partial charge < -0.3 is 9.64 Å². The normalized spacial score (nSPS) is 15.7. The Bertz CT molecular complexity index is 712. The van der Waals surface area contributed by atoms with Gasteiger partial charge in [-0.2, -0.15) is 0 Å². The summed E-state index contributed by atoms with van der Waals surface area (Å²) in [6.07, 6.45) is 1.00. The molecular weight excluding hydrogens is 312 g/mol. The number of hydrogen-bond acceptors (Lipinski definition) is 3. The highest BCUT2D eigenvalue weighted by Gasteiger charge is 2.20. The summed E-state index contributed by atoms with van der Waals surface area (Å²) in [4.78, 5) is 17.1. The molecule has 3 rings (SSSR count). The second-order valence-electron chi connectivity index (χ2n) is 6.64. The molecule has 0 bridgehead atoms. The molecule has 25 heavy (non-hydrogen) atoms. The number of aryl methyl sites for hydroxylation is 1. The topological polar surface area (TPSA) is 32.8 Å². The monoisotopic (exact) mass is 338 g/mol. The standard InChI is InChI=1S/C21H26N2O2/c1-17-7-9-19(10-8-17)21(24)23-12-4-11-22(13-14-23)16-18-5-3-6-20(15-18)25-2/h3,5-10,15H,4,11-14,16H2,1-2H3. The molecule has 2 aromatic carbocycles. The Morgan fingerprint density at radius 1 is 1.04 bits per heavy atom. The highest BCUT2D eigenvalue weighted by atomic mass is 16.5. The first-order chi connectivity index (χ1) is 12.2. The molecule has 1 fully saturated rings. The predicted octanol–water partition coefficient (Wildman–Crippen LogP) is 3.35. The Balaban J connectivity index is 1.60. The molecule has 4 heteroatoms. The molecule has 0 saturated carbocycles. The third-order valence-corrected chi connectivity index (χ3v) is 4.71. The first-order valence-corrected chi connectivity index (χ1v) is 8.87. The van der Waals surface area contributed by atoms with Gasteiger partial charge in [-0.3, -0.25) is 9.69 Å². The first kappa shape index (κ1) is 17.5. The minimum absolute atomic E-state index is 0.142. The lowest BCUT2D eigenvalue weighted by Gasteiger charge is -2.22. The van der Waals surface area contributed by atoms with Crippen molar-refractivity contribution in [1.29, 1.82) is 0 Å². The lowest BCUT2D eigenvalue weighted by Crippen LogP contribution is -2.35. The quantitative estimate of drug-likeness (QED) is 0.857. The maximum atomic E-state index is 12.7. The van der Waals surface area contributed by atoms with Crippen molar-refractivity contribution in [2.24, 2.45) is 0 Å². The van der Waals surface area contributed by atoms with Gasteiger partial charge in [0.2, 0.25) is 0 Å². The van der Waals surface area contributed by atoms with Gasteiger partial charge in [-0.25, -0.2) is 0 Å². The van der Waals surface area contributed by atoms with Crippen LogP contribution in [0.15, 0.2) is 48.5 Å². The van der Waals surface area contributed by atoms with Gasteiger partial charge in [-0.1, -0.05) is 29.8 Å². The van der Waals surface area contributed by atoms with Gasteiger partial charge in [0, 0.05) is 38.3 Å². The molecule has 1 heterocycles. The van der Waals surface area contributed by atoms with E-state index in [4.69, 9.17) is 4.74 Å². The molecule has 2 aromatic rings. The molecule has 0 radical (unpaired) electrons. The van der Waals surface area contributed by atoms with Crippen molar-refractivity contribution in [1.82, 2.24) is 9.80 Å². The minimum Gasteiger partial charge on any atom is -0.497 e. The molecule has 0 atom stereocenters. The Morgan fingerprint density at radius 3 is 2.60 bits per heavy atom. The number of benzene rings is 2. The van der Waals surface area contributed by atoms with Gasteiger partial charge >= 0.3 is 0 Å². The van der Waals surface area contributed by atoms with E-state index in [0.29, 0.717) is 0 Å². The van der Waals surface area contributed by atoms with Crippen LogP contribution in [0, 0.1) is 6.92 Å². The SMILES string of the molecule is COc1cccc(CN2CCCN(C(=O)c3ccc(C)cc3)CC2)c1. The predicted molar refractivity (Wildman–Crippen MR) is 100.0 cm³/mol. The van der Waals surface area contributed by atoms with E-state index in [1.165, 1.54) is 11.1 Å². The number of rotatable bonds is 4. The zero-order valence-corrected chi connectivity index (χ0v) is 15.1.